The summed E-state index contributed by atoms with van der Waals surface area (Å²) in [4.78, 5) is 6.12. The van der Waals surface area contributed by atoms with Crippen molar-refractivity contribution >= 4 is 6.21 Å². The number of aliphatic imine (C=N–C) groups is 1. The summed E-state index contributed by atoms with van der Waals surface area (Å²) in [5, 5.41) is 3.31. The zero-order valence-corrected chi connectivity index (χ0v) is 17.4. The lowest BCUT2D eigenvalue weighted by Gasteiger charge is -2.22. The Morgan fingerprint density at radius 1 is 1.22 bits per heavy atom. The highest BCUT2D eigenvalue weighted by molar-refractivity contribution is 5.55. The molecule has 0 aromatic heterocycles. The van der Waals surface area contributed by atoms with Gasteiger partial charge in [0.25, 0.3) is 5.92 Å². The van der Waals surface area contributed by atoms with E-state index in [1.165, 1.54) is 6.08 Å². The van der Waals surface area contributed by atoms with E-state index in [-0.39, 0.29) is 5.57 Å². The first kappa shape index (κ1) is 24.6. The summed E-state index contributed by atoms with van der Waals surface area (Å²) in [5.41, 5.74) is 2.98. The number of alkyl halides is 2. The molecule has 0 heterocycles. The molecule has 0 aliphatic heterocycles. The molecule has 0 radical (unpaired) electrons. The Morgan fingerprint density at radius 3 is 2.30 bits per heavy atom. The van der Waals surface area contributed by atoms with E-state index in [0.717, 1.165) is 30.3 Å². The quantitative estimate of drug-likeness (QED) is 0.373. The Hall–Kier alpha value is -2.43. The number of hydrogen-bond acceptors (Lipinski definition) is 3. The Morgan fingerprint density at radius 2 is 1.85 bits per heavy atom. The van der Waals surface area contributed by atoms with E-state index in [2.05, 4.69) is 23.5 Å². The molecular formula is C22H33F2N3. The maximum absolute atomic E-state index is 13.4. The lowest BCUT2D eigenvalue weighted by Crippen LogP contribution is -2.22. The molecule has 1 N–H and O–H groups in total. The van der Waals surface area contributed by atoms with Gasteiger partial charge >= 0.3 is 0 Å². The van der Waals surface area contributed by atoms with Crippen LogP contribution in [-0.4, -0.2) is 37.7 Å². The second-order valence-corrected chi connectivity index (χ2v) is 6.31. The van der Waals surface area contributed by atoms with Crippen molar-refractivity contribution in [3.05, 3.63) is 71.8 Å². The lowest BCUT2D eigenvalue weighted by molar-refractivity contribution is 0.0679. The van der Waals surface area contributed by atoms with Crippen molar-refractivity contribution < 1.29 is 8.78 Å². The van der Waals surface area contributed by atoms with Gasteiger partial charge in [-0.1, -0.05) is 38.3 Å². The smallest absolute Gasteiger partial charge is 0.269 e. The second-order valence-electron chi connectivity index (χ2n) is 6.31. The molecule has 0 aromatic rings. The van der Waals surface area contributed by atoms with Gasteiger partial charge in [-0.15, -0.1) is 0 Å². The van der Waals surface area contributed by atoms with Crippen LogP contribution in [0.5, 0.6) is 0 Å². The van der Waals surface area contributed by atoms with Crippen molar-refractivity contribution in [1.29, 1.82) is 0 Å². The van der Waals surface area contributed by atoms with Crippen LogP contribution in [0.4, 0.5) is 8.78 Å². The summed E-state index contributed by atoms with van der Waals surface area (Å²) >= 11 is 0. The topological polar surface area (TPSA) is 27.6 Å². The van der Waals surface area contributed by atoms with E-state index in [0.29, 0.717) is 12.1 Å². The van der Waals surface area contributed by atoms with Gasteiger partial charge in [-0.05, 0) is 31.9 Å². The standard InChI is InChI=1S/C22H33F2N3/c1-9-12-19(14-17(4)22(6,23)24)15-26-20(13-10-2)18(5)21(27(7)8)16-25-11-3/h9,11-14,16,26H,4-5,10,15H2,1-3,6-8H3/b12-9-,19-14+,20-13-,21-16+,25-11?. The summed E-state index contributed by atoms with van der Waals surface area (Å²) in [6.07, 6.45) is 11.3. The highest BCUT2D eigenvalue weighted by Gasteiger charge is 2.24. The first-order valence-electron chi connectivity index (χ1n) is 8.97. The van der Waals surface area contributed by atoms with Gasteiger partial charge in [-0.25, -0.2) is 8.78 Å². The number of hydrogen-bond donors (Lipinski definition) is 1. The third kappa shape index (κ3) is 9.18. The minimum absolute atomic E-state index is 0.219. The Bertz CT molecular complexity index is 658. The van der Waals surface area contributed by atoms with Crippen LogP contribution in [0, 0.1) is 0 Å². The Labute approximate surface area is 163 Å². The van der Waals surface area contributed by atoms with Crippen molar-refractivity contribution in [3.63, 3.8) is 0 Å². The largest absolute Gasteiger partial charge is 0.381 e. The van der Waals surface area contributed by atoms with E-state index in [9.17, 15) is 8.78 Å². The first-order chi connectivity index (χ1) is 12.6. The molecule has 0 saturated heterocycles. The number of halogens is 2. The molecule has 0 aliphatic carbocycles. The zero-order chi connectivity index (χ0) is 21.0. The van der Waals surface area contributed by atoms with Gasteiger partial charge in [0.15, 0.2) is 0 Å². The van der Waals surface area contributed by atoms with Crippen LogP contribution >= 0.6 is 0 Å². The molecule has 150 valence electrons. The number of nitrogens with zero attached hydrogens (tertiary/aromatic N) is 2. The average Bonchev–Trinajstić information content (AvgIpc) is 2.57. The van der Waals surface area contributed by atoms with E-state index >= 15 is 0 Å². The maximum Gasteiger partial charge on any atom is 0.269 e. The molecule has 5 heteroatoms. The molecule has 27 heavy (non-hydrogen) atoms. The fraction of sp³-hybridized carbons (Fsp3) is 0.409. The van der Waals surface area contributed by atoms with Crippen LogP contribution in [-0.2, 0) is 0 Å². The molecule has 0 unspecified atom stereocenters. The van der Waals surface area contributed by atoms with E-state index in [1.54, 1.807) is 18.5 Å². The zero-order valence-electron chi connectivity index (χ0n) is 17.4. The van der Waals surface area contributed by atoms with Crippen LogP contribution < -0.4 is 5.32 Å². The predicted molar refractivity (Wildman–Crippen MR) is 114 cm³/mol. The molecule has 3 nitrogen and oxygen atoms in total. The number of likely N-dealkylation sites (N-methyl/N-ethyl adjacent to an activating group) is 1. The molecule has 0 fully saturated rings. The van der Waals surface area contributed by atoms with E-state index < -0.39 is 5.92 Å². The average molecular weight is 378 g/mol. The number of nitrogens with one attached hydrogen (secondary N) is 1. The van der Waals surface area contributed by atoms with Gasteiger partial charge in [0.2, 0.25) is 0 Å². The van der Waals surface area contributed by atoms with Gasteiger partial charge in [0, 0.05) is 50.6 Å². The summed E-state index contributed by atoms with van der Waals surface area (Å²) < 4.78 is 26.9. The lowest BCUT2D eigenvalue weighted by atomic mass is 10.1. The van der Waals surface area contributed by atoms with Gasteiger partial charge in [-0.3, -0.25) is 4.99 Å². The molecule has 0 aromatic carbocycles. The predicted octanol–water partition coefficient (Wildman–Crippen LogP) is 5.63. The fourth-order valence-corrected chi connectivity index (χ4v) is 2.17. The number of rotatable bonds is 11. The van der Waals surface area contributed by atoms with Gasteiger partial charge in [0.05, 0.1) is 11.9 Å². The first-order valence-corrected chi connectivity index (χ1v) is 8.97. The molecule has 0 saturated carbocycles. The molecule has 0 amide bonds. The summed E-state index contributed by atoms with van der Waals surface area (Å²) in [7, 11) is 3.84. The molecule has 0 aliphatic rings. The molecule has 0 atom stereocenters. The third-order valence-electron chi connectivity index (χ3n) is 3.66. The molecule has 0 spiro atoms. The van der Waals surface area contributed by atoms with Gasteiger partial charge < -0.3 is 10.2 Å². The maximum atomic E-state index is 13.4. The van der Waals surface area contributed by atoms with Crippen LogP contribution in [0.25, 0.3) is 0 Å². The van der Waals surface area contributed by atoms with Crippen LogP contribution in [0.15, 0.2) is 76.8 Å². The molecular weight excluding hydrogens is 344 g/mol. The summed E-state index contributed by atoms with van der Waals surface area (Å²) in [6.45, 7) is 14.6. The highest BCUT2D eigenvalue weighted by atomic mass is 19.3. The van der Waals surface area contributed by atoms with E-state index in [1.807, 2.05) is 51.9 Å². The normalized spacial score (nSPS) is 14.1. The van der Waals surface area contributed by atoms with E-state index in [4.69, 9.17) is 0 Å². The monoisotopic (exact) mass is 377 g/mol. The third-order valence-corrected chi connectivity index (χ3v) is 3.66. The van der Waals surface area contributed by atoms with Crippen LogP contribution in [0.2, 0.25) is 0 Å². The minimum atomic E-state index is -2.95. The highest BCUT2D eigenvalue weighted by Crippen LogP contribution is 2.24. The van der Waals surface area contributed by atoms with Crippen molar-refractivity contribution in [2.24, 2.45) is 4.99 Å². The minimum Gasteiger partial charge on any atom is -0.381 e. The van der Waals surface area contributed by atoms with Crippen molar-refractivity contribution in [2.45, 2.75) is 40.0 Å². The fourth-order valence-electron chi connectivity index (χ4n) is 2.17. The van der Waals surface area contributed by atoms with Crippen LogP contribution in [0.3, 0.4) is 0 Å². The summed E-state index contributed by atoms with van der Waals surface area (Å²) in [6, 6.07) is 0. The number of allylic oxidation sites excluding steroid dienone is 4. The second kappa shape index (κ2) is 12.0. The van der Waals surface area contributed by atoms with Crippen molar-refractivity contribution in [2.75, 3.05) is 20.6 Å². The van der Waals surface area contributed by atoms with Gasteiger partial charge in [-0.2, -0.15) is 0 Å². The summed E-state index contributed by atoms with van der Waals surface area (Å²) in [5.74, 6) is -2.95. The van der Waals surface area contributed by atoms with Crippen LogP contribution in [0.1, 0.15) is 34.1 Å². The molecule has 0 bridgehead atoms. The Balaban J connectivity index is 5.57. The Kier molecular flexibility index (Phi) is 11.0. The molecule has 0 rings (SSSR count). The SMILES string of the molecule is C=C(/C(=C/CC)NCC(/C=C\C)=C/C(=C)C(C)(F)F)/C(=C\N=CC)N(C)C. The van der Waals surface area contributed by atoms with Gasteiger partial charge in [0.1, 0.15) is 0 Å². The van der Waals surface area contributed by atoms with Crippen molar-refractivity contribution in [3.8, 4) is 0 Å². The van der Waals surface area contributed by atoms with Crippen molar-refractivity contribution in [1.82, 2.24) is 10.2 Å².